The standard InChI is InChI=1S/C22H35NO4/c1-21(27-5)8-10-22(11-9-21)12-13-23(2)17(15-25-3)14-16-6-7-18(26-4)20(24)19(16)22/h6-7,17,24H,8-15H2,1-5H3. The average molecular weight is 378 g/mol. The van der Waals surface area contributed by atoms with Crippen molar-refractivity contribution < 1.29 is 19.3 Å². The second-order valence-electron chi connectivity index (χ2n) is 8.63. The molecule has 1 saturated carbocycles. The minimum Gasteiger partial charge on any atom is -0.504 e. The summed E-state index contributed by atoms with van der Waals surface area (Å²) in [6.07, 6.45) is 5.95. The molecule has 1 N–H and O–H groups in total. The zero-order valence-electron chi connectivity index (χ0n) is 17.5. The van der Waals surface area contributed by atoms with Crippen molar-refractivity contribution >= 4 is 0 Å². The fourth-order valence-electron chi connectivity index (χ4n) is 4.99. The van der Waals surface area contributed by atoms with Crippen molar-refractivity contribution in [3.63, 3.8) is 0 Å². The second-order valence-corrected chi connectivity index (χ2v) is 8.63. The van der Waals surface area contributed by atoms with Crippen LogP contribution in [0.4, 0.5) is 0 Å². The van der Waals surface area contributed by atoms with E-state index in [2.05, 4.69) is 24.9 Å². The number of phenols is 1. The maximum absolute atomic E-state index is 11.1. The molecule has 1 atom stereocenters. The summed E-state index contributed by atoms with van der Waals surface area (Å²) < 4.78 is 16.7. The Balaban J connectivity index is 2.06. The highest BCUT2D eigenvalue weighted by Gasteiger charge is 2.45. The molecule has 2 aliphatic rings. The molecule has 0 radical (unpaired) electrons. The van der Waals surface area contributed by atoms with E-state index in [9.17, 15) is 5.11 Å². The molecule has 1 heterocycles. The summed E-state index contributed by atoms with van der Waals surface area (Å²) >= 11 is 0. The van der Waals surface area contributed by atoms with E-state index >= 15 is 0 Å². The molecule has 0 bridgehead atoms. The third-order valence-electron chi connectivity index (χ3n) is 7.12. The van der Waals surface area contributed by atoms with Gasteiger partial charge in [0, 0.05) is 31.2 Å². The molecule has 5 heteroatoms. The van der Waals surface area contributed by atoms with Crippen LogP contribution >= 0.6 is 0 Å². The number of phenolic OH excluding ortho intramolecular Hbond substituents is 1. The largest absolute Gasteiger partial charge is 0.504 e. The fraction of sp³-hybridized carbons (Fsp3) is 0.727. The van der Waals surface area contributed by atoms with Gasteiger partial charge in [0.25, 0.3) is 0 Å². The van der Waals surface area contributed by atoms with Gasteiger partial charge in [0.05, 0.1) is 19.3 Å². The predicted octanol–water partition coefficient (Wildman–Crippen LogP) is 3.51. The molecule has 1 aromatic rings. The second kappa shape index (κ2) is 7.98. The lowest BCUT2D eigenvalue weighted by Gasteiger charge is -2.48. The number of benzene rings is 1. The van der Waals surface area contributed by atoms with Crippen molar-refractivity contribution in [3.8, 4) is 11.5 Å². The number of ether oxygens (including phenoxy) is 3. The van der Waals surface area contributed by atoms with Gasteiger partial charge in [-0.15, -0.1) is 0 Å². The Hall–Kier alpha value is -1.30. The zero-order valence-corrected chi connectivity index (χ0v) is 17.5. The first-order valence-electron chi connectivity index (χ1n) is 10.0. The van der Waals surface area contributed by atoms with E-state index in [-0.39, 0.29) is 11.0 Å². The Kier molecular flexibility index (Phi) is 6.04. The van der Waals surface area contributed by atoms with Crippen LogP contribution in [0.1, 0.15) is 50.2 Å². The van der Waals surface area contributed by atoms with E-state index in [0.29, 0.717) is 24.1 Å². The summed E-state index contributed by atoms with van der Waals surface area (Å²) in [5.74, 6) is 0.905. The molecular formula is C22H35NO4. The molecule has 3 rings (SSSR count). The van der Waals surface area contributed by atoms with Gasteiger partial charge in [-0.05, 0) is 70.7 Å². The number of nitrogens with zero attached hydrogens (tertiary/aromatic N) is 1. The molecule has 1 spiro atoms. The summed E-state index contributed by atoms with van der Waals surface area (Å²) in [5.41, 5.74) is 2.24. The molecule has 0 amide bonds. The third kappa shape index (κ3) is 3.82. The molecular weight excluding hydrogens is 342 g/mol. The first-order chi connectivity index (χ1) is 12.9. The van der Waals surface area contributed by atoms with Gasteiger partial charge in [0.2, 0.25) is 0 Å². The Morgan fingerprint density at radius 1 is 1.11 bits per heavy atom. The number of methoxy groups -OCH3 is 3. The van der Waals surface area contributed by atoms with Crippen LogP contribution in [-0.2, 0) is 21.3 Å². The smallest absolute Gasteiger partial charge is 0.161 e. The Labute approximate surface area is 163 Å². The van der Waals surface area contributed by atoms with E-state index in [1.165, 1.54) is 5.56 Å². The number of hydrogen-bond acceptors (Lipinski definition) is 5. The summed E-state index contributed by atoms with van der Waals surface area (Å²) in [4.78, 5) is 2.42. The zero-order chi connectivity index (χ0) is 19.7. The van der Waals surface area contributed by atoms with Gasteiger partial charge >= 0.3 is 0 Å². The number of likely N-dealkylation sites (N-methyl/N-ethyl adjacent to an activating group) is 1. The molecule has 27 heavy (non-hydrogen) atoms. The van der Waals surface area contributed by atoms with Crippen LogP contribution in [0.25, 0.3) is 0 Å². The Bertz CT molecular complexity index is 652. The van der Waals surface area contributed by atoms with Gasteiger partial charge in [0.1, 0.15) is 0 Å². The van der Waals surface area contributed by atoms with E-state index in [0.717, 1.165) is 50.6 Å². The lowest BCUT2D eigenvalue weighted by molar-refractivity contribution is -0.0429. The average Bonchev–Trinajstić information content (AvgIpc) is 2.67. The van der Waals surface area contributed by atoms with Gasteiger partial charge in [-0.3, -0.25) is 0 Å². The van der Waals surface area contributed by atoms with Gasteiger partial charge in [0.15, 0.2) is 11.5 Å². The van der Waals surface area contributed by atoms with Crippen LogP contribution in [0.3, 0.4) is 0 Å². The van der Waals surface area contributed by atoms with E-state index < -0.39 is 0 Å². The van der Waals surface area contributed by atoms with Gasteiger partial charge in [-0.25, -0.2) is 0 Å². The van der Waals surface area contributed by atoms with E-state index in [1.54, 1.807) is 14.2 Å². The molecule has 0 saturated heterocycles. The number of hydrogen-bond donors (Lipinski definition) is 1. The lowest BCUT2D eigenvalue weighted by atomic mass is 9.62. The summed E-state index contributed by atoms with van der Waals surface area (Å²) in [6, 6.07) is 4.35. The lowest BCUT2D eigenvalue weighted by Crippen LogP contribution is -2.47. The van der Waals surface area contributed by atoms with Crippen LogP contribution in [0.2, 0.25) is 0 Å². The third-order valence-corrected chi connectivity index (χ3v) is 7.12. The minimum absolute atomic E-state index is 0.0295. The topological polar surface area (TPSA) is 51.2 Å². The molecule has 1 unspecified atom stereocenters. The molecule has 1 aromatic carbocycles. The maximum atomic E-state index is 11.1. The van der Waals surface area contributed by atoms with Crippen molar-refractivity contribution in [3.05, 3.63) is 23.3 Å². The summed E-state index contributed by atoms with van der Waals surface area (Å²) in [6.45, 7) is 3.89. The highest BCUT2D eigenvalue weighted by molar-refractivity contribution is 5.54. The SMILES string of the molecule is COCC1Cc2ccc(OC)c(O)c2C2(CCN1C)CCC(C)(OC)CC2. The van der Waals surface area contributed by atoms with Crippen LogP contribution in [-0.4, -0.2) is 63.2 Å². The Morgan fingerprint density at radius 3 is 2.41 bits per heavy atom. The quantitative estimate of drug-likeness (QED) is 0.870. The van der Waals surface area contributed by atoms with Crippen LogP contribution in [0.5, 0.6) is 11.5 Å². The van der Waals surface area contributed by atoms with E-state index in [4.69, 9.17) is 14.2 Å². The minimum atomic E-state index is -0.0627. The van der Waals surface area contributed by atoms with Gasteiger partial charge < -0.3 is 24.2 Å². The van der Waals surface area contributed by atoms with Crippen molar-refractivity contribution in [1.29, 1.82) is 0 Å². The first kappa shape index (κ1) is 20.4. The normalized spacial score (nSPS) is 32.0. The molecule has 1 fully saturated rings. The van der Waals surface area contributed by atoms with Crippen LogP contribution in [0, 0.1) is 0 Å². The monoisotopic (exact) mass is 377 g/mol. The molecule has 1 aliphatic heterocycles. The highest BCUT2D eigenvalue weighted by Crippen LogP contribution is 2.52. The number of aromatic hydroxyl groups is 1. The molecule has 152 valence electrons. The van der Waals surface area contributed by atoms with Crippen molar-refractivity contribution in [2.45, 2.75) is 62.5 Å². The van der Waals surface area contributed by atoms with Crippen molar-refractivity contribution in [1.82, 2.24) is 4.90 Å². The van der Waals surface area contributed by atoms with Crippen LogP contribution in [0.15, 0.2) is 12.1 Å². The maximum Gasteiger partial charge on any atom is 0.161 e. The molecule has 0 aromatic heterocycles. The van der Waals surface area contributed by atoms with E-state index in [1.807, 2.05) is 13.2 Å². The first-order valence-corrected chi connectivity index (χ1v) is 10.0. The molecule has 5 nitrogen and oxygen atoms in total. The molecule has 1 aliphatic carbocycles. The predicted molar refractivity (Wildman–Crippen MR) is 107 cm³/mol. The number of fused-ring (bicyclic) bond motifs is 2. The van der Waals surface area contributed by atoms with Gasteiger partial charge in [-0.2, -0.15) is 0 Å². The van der Waals surface area contributed by atoms with Crippen LogP contribution < -0.4 is 4.74 Å². The highest BCUT2D eigenvalue weighted by atomic mass is 16.5. The number of rotatable bonds is 4. The van der Waals surface area contributed by atoms with Gasteiger partial charge in [-0.1, -0.05) is 6.07 Å². The summed E-state index contributed by atoms with van der Waals surface area (Å²) in [5, 5.41) is 11.1. The van der Waals surface area contributed by atoms with Crippen molar-refractivity contribution in [2.24, 2.45) is 0 Å². The fourth-order valence-corrected chi connectivity index (χ4v) is 4.99. The van der Waals surface area contributed by atoms with Crippen molar-refractivity contribution in [2.75, 3.05) is 41.5 Å². The summed E-state index contributed by atoms with van der Waals surface area (Å²) in [7, 11) is 7.39. The Morgan fingerprint density at radius 2 is 1.81 bits per heavy atom.